The van der Waals surface area contributed by atoms with Crippen LogP contribution in [0.3, 0.4) is 0 Å². The first-order valence-electron chi connectivity index (χ1n) is 7.75. The van der Waals surface area contributed by atoms with Crippen LogP contribution in [0.4, 0.5) is 17.1 Å². The van der Waals surface area contributed by atoms with Gasteiger partial charge in [0.1, 0.15) is 0 Å². The molecule has 0 radical (unpaired) electrons. The molecule has 1 aliphatic rings. The summed E-state index contributed by atoms with van der Waals surface area (Å²) < 4.78 is 0.365. The predicted octanol–water partition coefficient (Wildman–Crippen LogP) is 3.96. The maximum atomic E-state index is 12.7. The number of amides is 2. The lowest BCUT2D eigenvalue weighted by Crippen LogP contribution is -2.27. The van der Waals surface area contributed by atoms with Crippen LogP contribution >= 0.6 is 24.0 Å². The van der Waals surface area contributed by atoms with E-state index in [1.807, 2.05) is 0 Å². The average molecular weight is 399 g/mol. The molecule has 136 valence electrons. The molecule has 7 nitrogen and oxygen atoms in total. The summed E-state index contributed by atoms with van der Waals surface area (Å²) in [6.07, 6.45) is 1.58. The smallest absolute Gasteiger partial charge is 0.270 e. The van der Waals surface area contributed by atoms with Crippen molar-refractivity contribution in [2.45, 2.75) is 6.92 Å². The Labute approximate surface area is 164 Å². The number of hydrogen-bond donors (Lipinski definition) is 1. The second kappa shape index (κ2) is 7.68. The van der Waals surface area contributed by atoms with Gasteiger partial charge >= 0.3 is 0 Å². The van der Waals surface area contributed by atoms with E-state index < -0.39 is 4.92 Å². The van der Waals surface area contributed by atoms with E-state index >= 15 is 0 Å². The van der Waals surface area contributed by atoms with Crippen LogP contribution in [0.2, 0.25) is 0 Å². The van der Waals surface area contributed by atoms with E-state index in [0.29, 0.717) is 26.2 Å². The fraction of sp³-hybridized carbons (Fsp3) is 0.0556. The predicted molar refractivity (Wildman–Crippen MR) is 109 cm³/mol. The minimum atomic E-state index is -0.487. The van der Waals surface area contributed by atoms with E-state index in [-0.39, 0.29) is 17.5 Å². The first-order chi connectivity index (χ1) is 12.8. The van der Waals surface area contributed by atoms with Gasteiger partial charge in [-0.05, 0) is 35.9 Å². The number of hydrogen-bond acceptors (Lipinski definition) is 6. The third-order valence-electron chi connectivity index (χ3n) is 3.62. The van der Waals surface area contributed by atoms with Gasteiger partial charge in [-0.25, -0.2) is 0 Å². The molecule has 0 spiro atoms. The summed E-state index contributed by atoms with van der Waals surface area (Å²) in [6.45, 7) is 1.41. The molecule has 0 saturated carbocycles. The number of thioether (sulfide) groups is 1. The molecule has 27 heavy (non-hydrogen) atoms. The maximum Gasteiger partial charge on any atom is 0.270 e. The van der Waals surface area contributed by atoms with Crippen LogP contribution in [0, 0.1) is 10.1 Å². The number of non-ortho nitro benzene ring substituents is 1. The molecule has 9 heteroatoms. The molecule has 2 aromatic rings. The minimum Gasteiger partial charge on any atom is -0.326 e. The lowest BCUT2D eigenvalue weighted by atomic mass is 10.2. The lowest BCUT2D eigenvalue weighted by Gasteiger charge is -2.15. The first-order valence-corrected chi connectivity index (χ1v) is 8.98. The highest BCUT2D eigenvalue weighted by molar-refractivity contribution is 8.27. The average Bonchev–Trinajstić information content (AvgIpc) is 2.89. The number of nitro benzene ring substituents is 1. The number of carbonyl (C=O) groups excluding carboxylic acids is 2. The van der Waals surface area contributed by atoms with Gasteiger partial charge in [0.15, 0.2) is 4.32 Å². The Hall–Kier alpha value is -3.04. The fourth-order valence-electron chi connectivity index (χ4n) is 2.47. The fourth-order valence-corrected chi connectivity index (χ4v) is 3.77. The van der Waals surface area contributed by atoms with Crippen LogP contribution in [0.15, 0.2) is 53.4 Å². The normalized spacial score (nSPS) is 15.3. The minimum absolute atomic E-state index is 0.0483. The van der Waals surface area contributed by atoms with Gasteiger partial charge in [0, 0.05) is 24.7 Å². The second-order valence-corrected chi connectivity index (χ2v) is 7.27. The Morgan fingerprint density at radius 2 is 1.96 bits per heavy atom. The maximum absolute atomic E-state index is 12.7. The molecular formula is C18H13N3O4S2. The molecule has 2 aromatic carbocycles. The van der Waals surface area contributed by atoms with Crippen LogP contribution < -0.4 is 10.2 Å². The van der Waals surface area contributed by atoms with Crippen LogP contribution in [0.1, 0.15) is 12.5 Å². The van der Waals surface area contributed by atoms with Gasteiger partial charge in [0.25, 0.3) is 11.6 Å². The SMILES string of the molecule is CC(=O)Nc1ccc(N2C(=O)/C(=C/c3cccc([N+](=O)[O-])c3)SC2=S)cc1. The molecule has 1 aliphatic heterocycles. The van der Waals surface area contributed by atoms with E-state index in [9.17, 15) is 19.7 Å². The molecule has 0 aliphatic carbocycles. The number of carbonyl (C=O) groups is 2. The van der Waals surface area contributed by atoms with Crippen molar-refractivity contribution < 1.29 is 14.5 Å². The van der Waals surface area contributed by atoms with Crippen molar-refractivity contribution in [1.82, 2.24) is 0 Å². The number of nitrogens with zero attached hydrogens (tertiary/aromatic N) is 2. The zero-order valence-electron chi connectivity index (χ0n) is 14.0. The molecule has 1 N–H and O–H groups in total. The van der Waals surface area contributed by atoms with E-state index in [4.69, 9.17) is 12.2 Å². The Morgan fingerprint density at radius 3 is 2.59 bits per heavy atom. The summed E-state index contributed by atoms with van der Waals surface area (Å²) in [4.78, 5) is 36.0. The number of rotatable bonds is 4. The van der Waals surface area contributed by atoms with E-state index in [2.05, 4.69) is 5.32 Å². The summed E-state index contributed by atoms with van der Waals surface area (Å²) in [5.41, 5.74) is 1.69. The summed E-state index contributed by atoms with van der Waals surface area (Å²) in [7, 11) is 0. The van der Waals surface area contributed by atoms with Crippen molar-refractivity contribution in [2.24, 2.45) is 0 Å². The van der Waals surface area contributed by atoms with Crippen LogP contribution in [-0.4, -0.2) is 21.1 Å². The van der Waals surface area contributed by atoms with E-state index in [1.165, 1.54) is 24.0 Å². The van der Waals surface area contributed by atoms with Gasteiger partial charge < -0.3 is 5.32 Å². The summed E-state index contributed by atoms with van der Waals surface area (Å²) in [5.74, 6) is -0.489. The van der Waals surface area contributed by atoms with Gasteiger partial charge in [-0.3, -0.25) is 24.6 Å². The number of benzene rings is 2. The molecule has 3 rings (SSSR count). The first kappa shape index (κ1) is 18.7. The monoisotopic (exact) mass is 399 g/mol. The van der Waals surface area contributed by atoms with Crippen LogP contribution in [0.25, 0.3) is 6.08 Å². The van der Waals surface area contributed by atoms with E-state index in [1.54, 1.807) is 42.5 Å². The number of nitro groups is 1. The summed E-state index contributed by atoms with van der Waals surface area (Å²) in [5, 5.41) is 13.5. The Bertz CT molecular complexity index is 986. The van der Waals surface area contributed by atoms with Crippen molar-refractivity contribution in [3.05, 3.63) is 69.1 Å². The number of thiocarbonyl (C=S) groups is 1. The molecule has 1 heterocycles. The molecular weight excluding hydrogens is 386 g/mol. The zero-order chi connectivity index (χ0) is 19.6. The van der Waals surface area contributed by atoms with Gasteiger partial charge in [0.2, 0.25) is 5.91 Å². The quantitative estimate of drug-likeness (QED) is 0.362. The topological polar surface area (TPSA) is 92.6 Å². The summed E-state index contributed by atoms with van der Waals surface area (Å²) in [6, 6.07) is 12.8. The zero-order valence-corrected chi connectivity index (χ0v) is 15.7. The Kier molecular flexibility index (Phi) is 5.33. The van der Waals surface area contributed by atoms with Crippen molar-refractivity contribution in [1.29, 1.82) is 0 Å². The highest BCUT2D eigenvalue weighted by Gasteiger charge is 2.33. The highest BCUT2D eigenvalue weighted by Crippen LogP contribution is 2.36. The van der Waals surface area contributed by atoms with Gasteiger partial charge in [-0.1, -0.05) is 36.1 Å². The van der Waals surface area contributed by atoms with Gasteiger partial charge in [0.05, 0.1) is 15.5 Å². The highest BCUT2D eigenvalue weighted by atomic mass is 32.2. The largest absolute Gasteiger partial charge is 0.326 e. The van der Waals surface area contributed by atoms with Crippen molar-refractivity contribution in [3.8, 4) is 0 Å². The molecule has 0 bridgehead atoms. The van der Waals surface area contributed by atoms with Crippen molar-refractivity contribution >= 4 is 63.3 Å². The molecule has 0 atom stereocenters. The Morgan fingerprint density at radius 1 is 1.26 bits per heavy atom. The number of nitrogens with one attached hydrogen (secondary N) is 1. The second-order valence-electron chi connectivity index (χ2n) is 5.60. The molecule has 1 saturated heterocycles. The summed E-state index contributed by atoms with van der Waals surface area (Å²) >= 11 is 6.44. The number of anilines is 2. The van der Waals surface area contributed by atoms with Crippen LogP contribution in [0.5, 0.6) is 0 Å². The lowest BCUT2D eigenvalue weighted by molar-refractivity contribution is -0.384. The molecule has 1 fully saturated rings. The van der Waals surface area contributed by atoms with E-state index in [0.717, 1.165) is 11.8 Å². The third-order valence-corrected chi connectivity index (χ3v) is 4.92. The van der Waals surface area contributed by atoms with Gasteiger partial charge in [-0.15, -0.1) is 0 Å². The van der Waals surface area contributed by atoms with Crippen molar-refractivity contribution in [2.75, 3.05) is 10.2 Å². The van der Waals surface area contributed by atoms with Crippen LogP contribution in [-0.2, 0) is 9.59 Å². The standard InChI is InChI=1S/C18H13N3O4S2/c1-11(22)19-13-5-7-14(8-6-13)20-17(23)16(27-18(20)26)10-12-3-2-4-15(9-12)21(24)25/h2-10H,1H3,(H,19,22)/b16-10-. The third kappa shape index (κ3) is 4.21. The Balaban J connectivity index is 1.85. The van der Waals surface area contributed by atoms with Gasteiger partial charge in [-0.2, -0.15) is 0 Å². The molecule has 2 amide bonds. The molecule has 0 unspecified atom stereocenters. The molecule has 0 aromatic heterocycles. The van der Waals surface area contributed by atoms with Crippen molar-refractivity contribution in [3.63, 3.8) is 0 Å².